The van der Waals surface area contributed by atoms with Gasteiger partial charge in [-0.2, -0.15) is 0 Å². The van der Waals surface area contributed by atoms with Crippen molar-refractivity contribution in [3.8, 4) is 11.3 Å². The Labute approximate surface area is 181 Å². The van der Waals surface area contributed by atoms with Crippen molar-refractivity contribution < 1.29 is 9.13 Å². The molecule has 0 aliphatic carbocycles. The Kier molecular flexibility index (Phi) is 4.60. The van der Waals surface area contributed by atoms with Crippen LogP contribution in [0, 0.1) is 5.82 Å². The van der Waals surface area contributed by atoms with E-state index in [1.54, 1.807) is 31.3 Å². The minimum Gasteiger partial charge on any atom is -0.365 e. The van der Waals surface area contributed by atoms with Crippen molar-refractivity contribution in [1.29, 1.82) is 0 Å². The molecule has 4 aromatic rings. The molecule has 0 spiro atoms. The number of ether oxygens (including phenoxy) is 1. The second kappa shape index (κ2) is 7.21. The van der Waals surface area contributed by atoms with Crippen LogP contribution in [0.2, 0.25) is 5.02 Å². The van der Waals surface area contributed by atoms with Crippen LogP contribution in [0.4, 0.5) is 4.39 Å². The summed E-state index contributed by atoms with van der Waals surface area (Å²) in [6.45, 7) is 0.919. The van der Waals surface area contributed by atoms with Crippen LogP contribution in [-0.2, 0) is 25.4 Å². The third-order valence-corrected chi connectivity index (χ3v) is 6.09. The Balaban J connectivity index is 1.93. The lowest BCUT2D eigenvalue weighted by molar-refractivity contribution is 0.0478. The monoisotopic (exact) mass is 439 g/mol. The lowest BCUT2D eigenvalue weighted by Gasteiger charge is -2.27. The van der Waals surface area contributed by atoms with Gasteiger partial charge >= 0.3 is 5.69 Å². The summed E-state index contributed by atoms with van der Waals surface area (Å²) >= 11 is 6.08. The highest BCUT2D eigenvalue weighted by Gasteiger charge is 2.33. The van der Waals surface area contributed by atoms with Gasteiger partial charge in [-0.15, -0.1) is 0 Å². The first-order valence-corrected chi connectivity index (χ1v) is 10.2. The SMILES string of the molecule is Cn1c(=O)c2c(-c3ccc(Cl)cc3)n3c(c2n(C)c1=O)[C@@H](c1ccc(F)cc1)OCC3. The van der Waals surface area contributed by atoms with Gasteiger partial charge in [0.05, 0.1) is 28.9 Å². The first kappa shape index (κ1) is 19.8. The van der Waals surface area contributed by atoms with Crippen LogP contribution in [0.3, 0.4) is 0 Å². The molecule has 0 bridgehead atoms. The summed E-state index contributed by atoms with van der Waals surface area (Å²) in [6.07, 6.45) is -0.546. The van der Waals surface area contributed by atoms with Crippen molar-refractivity contribution in [2.45, 2.75) is 12.6 Å². The maximum Gasteiger partial charge on any atom is 0.331 e. The summed E-state index contributed by atoms with van der Waals surface area (Å²) in [4.78, 5) is 26.1. The molecule has 0 unspecified atom stereocenters. The zero-order valence-electron chi connectivity index (χ0n) is 16.9. The van der Waals surface area contributed by atoms with E-state index in [9.17, 15) is 14.0 Å². The van der Waals surface area contributed by atoms with Crippen molar-refractivity contribution in [3.05, 3.63) is 91.5 Å². The van der Waals surface area contributed by atoms with Gasteiger partial charge in [-0.3, -0.25) is 13.9 Å². The van der Waals surface area contributed by atoms with Gasteiger partial charge in [0.1, 0.15) is 11.9 Å². The lowest BCUT2D eigenvalue weighted by Crippen LogP contribution is -2.37. The van der Waals surface area contributed by atoms with E-state index in [0.29, 0.717) is 40.5 Å². The molecule has 0 saturated carbocycles. The van der Waals surface area contributed by atoms with Gasteiger partial charge in [0.15, 0.2) is 0 Å². The van der Waals surface area contributed by atoms with Crippen LogP contribution in [0.1, 0.15) is 17.4 Å². The predicted molar refractivity (Wildman–Crippen MR) is 117 cm³/mol. The largest absolute Gasteiger partial charge is 0.365 e. The fourth-order valence-electron chi connectivity index (χ4n) is 4.38. The van der Waals surface area contributed by atoms with Crippen LogP contribution in [0.15, 0.2) is 58.1 Å². The van der Waals surface area contributed by atoms with Crippen molar-refractivity contribution >= 4 is 22.5 Å². The minimum atomic E-state index is -0.546. The lowest BCUT2D eigenvalue weighted by atomic mass is 10.0. The molecule has 6 nitrogen and oxygen atoms in total. The van der Waals surface area contributed by atoms with E-state index in [4.69, 9.17) is 16.3 Å². The number of fused-ring (bicyclic) bond motifs is 3. The number of benzene rings is 2. The summed E-state index contributed by atoms with van der Waals surface area (Å²) in [5, 5.41) is 1.03. The van der Waals surface area contributed by atoms with Gasteiger partial charge in [0.25, 0.3) is 5.56 Å². The maximum atomic E-state index is 13.5. The molecule has 158 valence electrons. The number of rotatable bonds is 2. The van der Waals surface area contributed by atoms with Crippen LogP contribution in [0.25, 0.3) is 22.2 Å². The average molecular weight is 440 g/mol. The molecule has 0 N–H and O–H groups in total. The summed E-state index contributed by atoms with van der Waals surface area (Å²) < 4.78 is 24.2. The molecule has 0 radical (unpaired) electrons. The summed E-state index contributed by atoms with van der Waals surface area (Å²) in [6, 6.07) is 13.3. The predicted octanol–water partition coefficient (Wildman–Crippen LogP) is 3.62. The molecule has 5 rings (SSSR count). The standard InChI is InChI=1S/C23H19ClFN3O3/c1-26-19-17(22(29)27(2)23(26)30)18(13-3-7-15(24)8-4-13)28-11-12-31-21(20(19)28)14-5-9-16(25)10-6-14/h3-10,21H,11-12H2,1-2H3/t21-/m1/s1. The first-order chi connectivity index (χ1) is 14.9. The van der Waals surface area contributed by atoms with Crippen molar-refractivity contribution in [3.63, 3.8) is 0 Å². The second-order valence-corrected chi connectivity index (χ2v) is 8.06. The van der Waals surface area contributed by atoms with Gasteiger partial charge in [0, 0.05) is 25.7 Å². The molecule has 1 aliphatic heterocycles. The molecule has 0 amide bonds. The molecule has 3 heterocycles. The number of aromatic nitrogens is 3. The van der Waals surface area contributed by atoms with Gasteiger partial charge in [-0.25, -0.2) is 9.18 Å². The van der Waals surface area contributed by atoms with Gasteiger partial charge in [-0.05, 0) is 35.4 Å². The highest BCUT2D eigenvalue weighted by atomic mass is 35.5. The molecule has 2 aromatic heterocycles. The number of aryl methyl sites for hydroxylation is 1. The Bertz CT molecular complexity index is 1430. The average Bonchev–Trinajstić information content (AvgIpc) is 3.13. The quantitative estimate of drug-likeness (QED) is 0.479. The number of halogens is 2. The molecule has 0 saturated heterocycles. The molecule has 8 heteroatoms. The third kappa shape index (κ3) is 2.96. The Hall–Kier alpha value is -3.16. The van der Waals surface area contributed by atoms with Crippen LogP contribution < -0.4 is 11.2 Å². The molecule has 1 atom stereocenters. The van der Waals surface area contributed by atoms with Crippen molar-refractivity contribution in [2.75, 3.05) is 6.61 Å². The van der Waals surface area contributed by atoms with E-state index < -0.39 is 11.8 Å². The van der Waals surface area contributed by atoms with E-state index in [2.05, 4.69) is 0 Å². The summed E-state index contributed by atoms with van der Waals surface area (Å²) in [7, 11) is 3.12. The maximum absolute atomic E-state index is 13.5. The fourth-order valence-corrected chi connectivity index (χ4v) is 4.51. The van der Waals surface area contributed by atoms with Gasteiger partial charge in [0.2, 0.25) is 0 Å². The Morgan fingerprint density at radius 3 is 2.35 bits per heavy atom. The van der Waals surface area contributed by atoms with Crippen molar-refractivity contribution in [2.24, 2.45) is 14.1 Å². The highest BCUT2D eigenvalue weighted by Crippen LogP contribution is 2.40. The van der Waals surface area contributed by atoms with E-state index >= 15 is 0 Å². The molecule has 31 heavy (non-hydrogen) atoms. The summed E-state index contributed by atoms with van der Waals surface area (Å²) in [5.74, 6) is -0.345. The molecule has 0 fully saturated rings. The third-order valence-electron chi connectivity index (χ3n) is 5.84. The van der Waals surface area contributed by atoms with E-state index in [1.165, 1.54) is 23.7 Å². The van der Waals surface area contributed by atoms with Crippen LogP contribution in [-0.4, -0.2) is 20.3 Å². The molecular formula is C23H19ClFN3O3. The second-order valence-electron chi connectivity index (χ2n) is 7.62. The molecule has 2 aromatic carbocycles. The fraction of sp³-hybridized carbons (Fsp3) is 0.217. The number of hydrogen-bond acceptors (Lipinski definition) is 3. The zero-order chi connectivity index (χ0) is 21.9. The van der Waals surface area contributed by atoms with E-state index in [1.807, 2.05) is 16.7 Å². The molecular weight excluding hydrogens is 421 g/mol. The highest BCUT2D eigenvalue weighted by molar-refractivity contribution is 6.30. The smallest absolute Gasteiger partial charge is 0.331 e. The van der Waals surface area contributed by atoms with Gasteiger partial charge < -0.3 is 9.30 Å². The Morgan fingerprint density at radius 2 is 1.68 bits per heavy atom. The molecule has 1 aliphatic rings. The number of nitrogens with zero attached hydrogens (tertiary/aromatic N) is 3. The zero-order valence-corrected chi connectivity index (χ0v) is 17.7. The van der Waals surface area contributed by atoms with Crippen LogP contribution >= 0.6 is 11.6 Å². The topological polar surface area (TPSA) is 58.2 Å². The Morgan fingerprint density at radius 1 is 1.00 bits per heavy atom. The number of hydrogen-bond donors (Lipinski definition) is 0. The normalized spacial score (nSPS) is 15.9. The minimum absolute atomic E-state index is 0.345. The van der Waals surface area contributed by atoms with Gasteiger partial charge in [-0.1, -0.05) is 35.9 Å². The van der Waals surface area contributed by atoms with Crippen LogP contribution in [0.5, 0.6) is 0 Å². The van der Waals surface area contributed by atoms with Crippen molar-refractivity contribution in [1.82, 2.24) is 13.7 Å². The van der Waals surface area contributed by atoms with E-state index in [-0.39, 0.29) is 11.4 Å². The first-order valence-electron chi connectivity index (χ1n) is 9.83. The van der Waals surface area contributed by atoms with E-state index in [0.717, 1.165) is 15.7 Å². The summed E-state index contributed by atoms with van der Waals surface area (Å²) in [5.41, 5.74) is 2.71.